The number of likely N-dealkylation sites (N-methyl/N-ethyl adjacent to an activating group) is 1. The lowest BCUT2D eigenvalue weighted by Gasteiger charge is -2.22. The van der Waals surface area contributed by atoms with Crippen molar-refractivity contribution >= 4 is 21.7 Å². The minimum Gasteiger partial charge on any atom is -0.355 e. The fraction of sp³-hybridized carbons (Fsp3) is 0.615. The Balaban J connectivity index is 2.13. The van der Waals surface area contributed by atoms with Gasteiger partial charge in [-0.1, -0.05) is 22.0 Å². The summed E-state index contributed by atoms with van der Waals surface area (Å²) in [4.78, 5) is 9.31. The Hall–Kier alpha value is -0.610. The molecule has 2 heterocycles. The highest BCUT2D eigenvalue weighted by molar-refractivity contribution is 9.08. The molecule has 1 unspecified atom stereocenters. The molecule has 1 saturated heterocycles. The lowest BCUT2D eigenvalue weighted by Crippen LogP contribution is -2.32. The molecular weight excluding hydrogens is 278 g/mol. The van der Waals surface area contributed by atoms with Crippen LogP contribution in [0.3, 0.4) is 0 Å². The summed E-state index contributed by atoms with van der Waals surface area (Å²) in [6.45, 7) is 4.36. The van der Waals surface area contributed by atoms with Gasteiger partial charge in [0.1, 0.15) is 5.82 Å². The molecule has 1 aliphatic rings. The maximum Gasteiger partial charge on any atom is 0.131 e. The van der Waals surface area contributed by atoms with E-state index in [2.05, 4.69) is 57.8 Å². The molecule has 1 aromatic heterocycles. The summed E-state index contributed by atoms with van der Waals surface area (Å²) in [5, 5.41) is 0.876. The Morgan fingerprint density at radius 3 is 2.82 bits per heavy atom. The third-order valence-corrected chi connectivity index (χ3v) is 4.10. The van der Waals surface area contributed by atoms with Gasteiger partial charge in [-0.05, 0) is 38.6 Å². The van der Waals surface area contributed by atoms with Crippen LogP contribution in [0.15, 0.2) is 12.3 Å². The highest BCUT2D eigenvalue weighted by Crippen LogP contribution is 2.24. The van der Waals surface area contributed by atoms with E-state index in [1.54, 1.807) is 0 Å². The molecule has 2 rings (SSSR count). The predicted octanol–water partition coefficient (Wildman–Crippen LogP) is 2.43. The third kappa shape index (κ3) is 2.80. The van der Waals surface area contributed by atoms with Crippen molar-refractivity contribution in [3.63, 3.8) is 0 Å². The minimum atomic E-state index is 0.659. The van der Waals surface area contributed by atoms with Gasteiger partial charge in [-0.3, -0.25) is 0 Å². The Morgan fingerprint density at radius 1 is 1.53 bits per heavy atom. The zero-order valence-electron chi connectivity index (χ0n) is 10.8. The largest absolute Gasteiger partial charge is 0.355 e. The summed E-state index contributed by atoms with van der Waals surface area (Å²) in [5.74, 6) is 1.15. The molecule has 4 heteroatoms. The number of hydrogen-bond acceptors (Lipinski definition) is 3. The van der Waals surface area contributed by atoms with Gasteiger partial charge in [0.05, 0.1) is 0 Å². The number of pyridine rings is 1. The van der Waals surface area contributed by atoms with Gasteiger partial charge < -0.3 is 9.80 Å². The maximum atomic E-state index is 4.60. The number of hydrogen-bond donors (Lipinski definition) is 0. The molecule has 1 aromatic rings. The van der Waals surface area contributed by atoms with E-state index in [0.717, 1.165) is 24.2 Å². The van der Waals surface area contributed by atoms with Gasteiger partial charge in [-0.25, -0.2) is 4.98 Å². The number of anilines is 1. The molecule has 0 N–H and O–H groups in total. The zero-order chi connectivity index (χ0) is 12.4. The molecule has 0 radical (unpaired) electrons. The average Bonchev–Trinajstić information content (AvgIpc) is 2.78. The number of rotatable bonds is 3. The molecule has 3 nitrogen and oxygen atoms in total. The molecule has 0 aliphatic carbocycles. The lowest BCUT2D eigenvalue weighted by molar-refractivity contribution is 0.315. The van der Waals surface area contributed by atoms with Crippen LogP contribution in [-0.4, -0.2) is 43.1 Å². The first kappa shape index (κ1) is 12.8. The van der Waals surface area contributed by atoms with Crippen LogP contribution in [0.5, 0.6) is 0 Å². The molecule has 0 spiro atoms. The van der Waals surface area contributed by atoms with Gasteiger partial charge >= 0.3 is 0 Å². The number of aryl methyl sites for hydroxylation is 1. The molecule has 94 valence electrons. The van der Waals surface area contributed by atoms with E-state index in [1.807, 2.05) is 6.20 Å². The molecule has 17 heavy (non-hydrogen) atoms. The maximum absolute atomic E-state index is 4.60. The van der Waals surface area contributed by atoms with Crippen molar-refractivity contribution in [3.05, 3.63) is 23.4 Å². The van der Waals surface area contributed by atoms with Gasteiger partial charge in [0.2, 0.25) is 0 Å². The molecule has 0 bridgehead atoms. The predicted molar refractivity (Wildman–Crippen MR) is 75.9 cm³/mol. The van der Waals surface area contributed by atoms with Gasteiger partial charge in [-0.15, -0.1) is 0 Å². The monoisotopic (exact) mass is 297 g/mol. The lowest BCUT2D eigenvalue weighted by atomic mass is 10.2. The topological polar surface area (TPSA) is 19.4 Å². The third-order valence-electron chi connectivity index (χ3n) is 3.45. The fourth-order valence-corrected chi connectivity index (χ4v) is 2.69. The van der Waals surface area contributed by atoms with E-state index >= 15 is 0 Å². The quantitative estimate of drug-likeness (QED) is 0.799. The van der Waals surface area contributed by atoms with Gasteiger partial charge in [0.25, 0.3) is 0 Å². The molecule has 1 aliphatic heterocycles. The Kier molecular flexibility index (Phi) is 4.05. The molecular formula is C13H20BrN3. The van der Waals surface area contributed by atoms with Gasteiger partial charge in [0.15, 0.2) is 0 Å². The van der Waals surface area contributed by atoms with Crippen LogP contribution in [0.25, 0.3) is 0 Å². The second-order valence-corrected chi connectivity index (χ2v) is 5.53. The van der Waals surface area contributed by atoms with Crippen LogP contribution in [0, 0.1) is 6.92 Å². The summed E-state index contributed by atoms with van der Waals surface area (Å²) in [7, 11) is 4.31. The summed E-state index contributed by atoms with van der Waals surface area (Å²) >= 11 is 3.47. The summed E-state index contributed by atoms with van der Waals surface area (Å²) in [5.41, 5.74) is 2.52. The molecule has 1 atom stereocenters. The van der Waals surface area contributed by atoms with Crippen LogP contribution < -0.4 is 4.90 Å². The van der Waals surface area contributed by atoms with Crippen molar-refractivity contribution in [2.45, 2.75) is 24.7 Å². The van der Waals surface area contributed by atoms with Crippen molar-refractivity contribution in [1.82, 2.24) is 9.88 Å². The highest BCUT2D eigenvalue weighted by atomic mass is 79.9. The van der Waals surface area contributed by atoms with Crippen LogP contribution in [-0.2, 0) is 5.33 Å². The normalized spacial score (nSPS) is 20.3. The van der Waals surface area contributed by atoms with E-state index < -0.39 is 0 Å². The van der Waals surface area contributed by atoms with E-state index in [1.165, 1.54) is 17.5 Å². The first-order valence-corrected chi connectivity index (χ1v) is 7.17. The van der Waals surface area contributed by atoms with E-state index in [0.29, 0.717) is 6.04 Å². The Bertz CT molecular complexity index is 392. The Morgan fingerprint density at radius 2 is 2.29 bits per heavy atom. The summed E-state index contributed by atoms with van der Waals surface area (Å²) in [6, 6.07) is 2.88. The number of nitrogens with zero attached hydrogens (tertiary/aromatic N) is 3. The number of halogens is 1. The summed E-state index contributed by atoms with van der Waals surface area (Å²) in [6.07, 6.45) is 3.20. The van der Waals surface area contributed by atoms with Gasteiger partial charge in [-0.2, -0.15) is 0 Å². The van der Waals surface area contributed by atoms with Crippen molar-refractivity contribution < 1.29 is 0 Å². The van der Waals surface area contributed by atoms with Crippen molar-refractivity contribution in [2.75, 3.05) is 32.1 Å². The van der Waals surface area contributed by atoms with E-state index in [9.17, 15) is 0 Å². The molecule has 0 saturated carbocycles. The standard InChI is InChI=1S/C13H20BrN3/c1-10-6-11(7-14)8-15-13(10)17-5-4-12(9-17)16(2)3/h6,8,12H,4-5,7,9H2,1-3H3. The van der Waals surface area contributed by atoms with Crippen molar-refractivity contribution in [1.29, 1.82) is 0 Å². The van der Waals surface area contributed by atoms with E-state index in [-0.39, 0.29) is 0 Å². The molecule has 1 fully saturated rings. The first-order chi connectivity index (χ1) is 8.11. The van der Waals surface area contributed by atoms with Crippen LogP contribution in [0.2, 0.25) is 0 Å². The zero-order valence-corrected chi connectivity index (χ0v) is 12.4. The van der Waals surface area contributed by atoms with E-state index in [4.69, 9.17) is 0 Å². The van der Waals surface area contributed by atoms with Crippen LogP contribution >= 0.6 is 15.9 Å². The highest BCUT2D eigenvalue weighted by Gasteiger charge is 2.25. The second kappa shape index (κ2) is 5.36. The second-order valence-electron chi connectivity index (χ2n) is 4.97. The number of aromatic nitrogens is 1. The smallest absolute Gasteiger partial charge is 0.131 e. The van der Waals surface area contributed by atoms with Crippen LogP contribution in [0.4, 0.5) is 5.82 Å². The first-order valence-electron chi connectivity index (χ1n) is 6.04. The summed E-state index contributed by atoms with van der Waals surface area (Å²) < 4.78 is 0. The molecule has 0 aromatic carbocycles. The average molecular weight is 298 g/mol. The fourth-order valence-electron chi connectivity index (χ4n) is 2.39. The minimum absolute atomic E-state index is 0.659. The van der Waals surface area contributed by atoms with Crippen LogP contribution in [0.1, 0.15) is 17.5 Å². The van der Waals surface area contributed by atoms with Crippen molar-refractivity contribution in [3.8, 4) is 0 Å². The van der Waals surface area contributed by atoms with Crippen molar-refractivity contribution in [2.24, 2.45) is 0 Å². The Labute approximate surface area is 112 Å². The van der Waals surface area contributed by atoms with Gasteiger partial charge in [0, 0.05) is 30.7 Å². The molecule has 0 amide bonds. The number of alkyl halides is 1. The SMILES string of the molecule is Cc1cc(CBr)cnc1N1CCC(N(C)C)C1.